The van der Waals surface area contributed by atoms with Crippen LogP contribution in [0.5, 0.6) is 5.75 Å². The zero-order valence-corrected chi connectivity index (χ0v) is 19.9. The van der Waals surface area contributed by atoms with Gasteiger partial charge in [-0.1, -0.05) is 28.9 Å². The molecule has 9 heteroatoms. The molecule has 1 atom stereocenters. The second-order valence-electron chi connectivity index (χ2n) is 8.34. The molecule has 0 aliphatic carbocycles. The van der Waals surface area contributed by atoms with Gasteiger partial charge in [0.15, 0.2) is 5.76 Å². The van der Waals surface area contributed by atoms with E-state index in [0.29, 0.717) is 34.3 Å². The van der Waals surface area contributed by atoms with Crippen LogP contribution in [0.4, 0.5) is 0 Å². The number of aryl methyl sites for hydroxylation is 1. The number of aromatic nitrogens is 4. The molecule has 1 fully saturated rings. The fraction of sp³-hybridized carbons (Fsp3) is 0.280. The van der Waals surface area contributed by atoms with E-state index in [0.717, 1.165) is 35.2 Å². The van der Waals surface area contributed by atoms with Crippen molar-refractivity contribution in [3.63, 3.8) is 0 Å². The number of benzene rings is 2. The van der Waals surface area contributed by atoms with E-state index in [1.807, 2.05) is 49.1 Å². The Bertz CT molecular complexity index is 1350. The lowest BCUT2D eigenvalue weighted by atomic mass is 10.0. The van der Waals surface area contributed by atoms with Crippen LogP contribution in [0.3, 0.4) is 0 Å². The third-order valence-corrected chi connectivity index (χ3v) is 6.70. The summed E-state index contributed by atoms with van der Waals surface area (Å²) in [5, 5.41) is 13.5. The smallest absolute Gasteiger partial charge is 0.256 e. The third kappa shape index (κ3) is 3.84. The second kappa shape index (κ2) is 8.95. The van der Waals surface area contributed by atoms with Gasteiger partial charge in [-0.2, -0.15) is 15.0 Å². The molecule has 0 bridgehead atoms. The third-order valence-electron chi connectivity index (χ3n) is 6.29. The largest absolute Gasteiger partial charge is 0.496 e. The highest BCUT2D eigenvalue weighted by Crippen LogP contribution is 2.37. The lowest BCUT2D eigenvalue weighted by Crippen LogP contribution is -2.31. The van der Waals surface area contributed by atoms with Gasteiger partial charge in [-0.05, 0) is 56.0 Å². The first-order valence-corrected chi connectivity index (χ1v) is 11.4. The normalized spacial score (nSPS) is 15.6. The van der Waals surface area contributed by atoms with Crippen LogP contribution in [0.25, 0.3) is 17.0 Å². The van der Waals surface area contributed by atoms with Crippen LogP contribution in [0, 0.1) is 13.8 Å². The summed E-state index contributed by atoms with van der Waals surface area (Å²) in [6.07, 6.45) is 4.83. The summed E-state index contributed by atoms with van der Waals surface area (Å²) >= 11 is 6.29. The molecule has 3 heterocycles. The van der Waals surface area contributed by atoms with Crippen LogP contribution in [0.2, 0.25) is 5.02 Å². The van der Waals surface area contributed by atoms with E-state index in [-0.39, 0.29) is 11.9 Å². The SMILES string of the molecule is COc1cc(C(=O)N2CCC[C@H]2c2cc(-c3cccc(Cl)c3C)on2)c(-n2nccn2)cc1C. The van der Waals surface area contributed by atoms with Crippen molar-refractivity contribution in [2.24, 2.45) is 0 Å². The number of hydrogen-bond donors (Lipinski definition) is 0. The summed E-state index contributed by atoms with van der Waals surface area (Å²) in [5.41, 5.74) is 4.50. The van der Waals surface area contributed by atoms with Crippen molar-refractivity contribution in [2.75, 3.05) is 13.7 Å². The van der Waals surface area contributed by atoms with Crippen LogP contribution >= 0.6 is 11.6 Å². The fourth-order valence-electron chi connectivity index (χ4n) is 4.49. The van der Waals surface area contributed by atoms with Crippen LogP contribution in [-0.2, 0) is 0 Å². The maximum atomic E-state index is 13.8. The van der Waals surface area contributed by atoms with E-state index in [1.165, 1.54) is 4.80 Å². The molecule has 0 N–H and O–H groups in total. The molecule has 5 rings (SSSR count). The molecule has 1 amide bonds. The molecular formula is C25H24ClN5O3. The van der Waals surface area contributed by atoms with Crippen molar-refractivity contribution < 1.29 is 14.1 Å². The highest BCUT2D eigenvalue weighted by Gasteiger charge is 2.34. The maximum Gasteiger partial charge on any atom is 0.256 e. The predicted molar refractivity (Wildman–Crippen MR) is 127 cm³/mol. The molecule has 174 valence electrons. The van der Waals surface area contributed by atoms with Gasteiger partial charge in [-0.3, -0.25) is 4.79 Å². The summed E-state index contributed by atoms with van der Waals surface area (Å²) in [6, 6.07) is 11.0. The quantitative estimate of drug-likeness (QED) is 0.393. The summed E-state index contributed by atoms with van der Waals surface area (Å²) in [5.74, 6) is 1.14. The molecular weight excluding hydrogens is 454 g/mol. The lowest BCUT2D eigenvalue weighted by Gasteiger charge is -2.24. The van der Waals surface area contributed by atoms with E-state index in [4.69, 9.17) is 20.9 Å². The van der Waals surface area contributed by atoms with Crippen molar-refractivity contribution in [1.82, 2.24) is 25.1 Å². The average Bonchev–Trinajstić information content (AvgIpc) is 3.61. The minimum atomic E-state index is -0.199. The van der Waals surface area contributed by atoms with E-state index in [9.17, 15) is 4.79 Å². The van der Waals surface area contributed by atoms with Gasteiger partial charge < -0.3 is 14.2 Å². The molecule has 2 aromatic heterocycles. The summed E-state index contributed by atoms with van der Waals surface area (Å²) in [6.45, 7) is 4.48. The Labute approximate surface area is 202 Å². The van der Waals surface area contributed by atoms with E-state index in [2.05, 4.69) is 15.4 Å². The summed E-state index contributed by atoms with van der Waals surface area (Å²) in [7, 11) is 1.59. The number of hydrogen-bond acceptors (Lipinski definition) is 6. The van der Waals surface area contributed by atoms with E-state index in [1.54, 1.807) is 25.6 Å². The zero-order valence-electron chi connectivity index (χ0n) is 19.2. The Kier molecular flexibility index (Phi) is 5.83. The second-order valence-corrected chi connectivity index (χ2v) is 8.75. The molecule has 0 unspecified atom stereocenters. The first-order valence-electron chi connectivity index (χ1n) is 11.1. The van der Waals surface area contributed by atoms with Crippen molar-refractivity contribution in [3.05, 3.63) is 76.2 Å². The first kappa shape index (κ1) is 22.2. The van der Waals surface area contributed by atoms with Gasteiger partial charge in [0.25, 0.3) is 5.91 Å². The van der Waals surface area contributed by atoms with Crippen molar-refractivity contribution in [1.29, 1.82) is 0 Å². The molecule has 0 spiro atoms. The van der Waals surface area contributed by atoms with Gasteiger partial charge in [0.1, 0.15) is 11.4 Å². The molecule has 34 heavy (non-hydrogen) atoms. The van der Waals surface area contributed by atoms with Gasteiger partial charge in [0.05, 0.1) is 36.8 Å². The van der Waals surface area contributed by atoms with Gasteiger partial charge in [-0.15, -0.1) is 0 Å². The molecule has 0 saturated carbocycles. The number of methoxy groups -OCH3 is 1. The highest BCUT2D eigenvalue weighted by molar-refractivity contribution is 6.31. The van der Waals surface area contributed by atoms with Gasteiger partial charge in [0, 0.05) is 23.2 Å². The molecule has 0 radical (unpaired) electrons. The fourth-order valence-corrected chi connectivity index (χ4v) is 4.66. The van der Waals surface area contributed by atoms with Crippen LogP contribution < -0.4 is 4.74 Å². The maximum absolute atomic E-state index is 13.8. The molecule has 1 aliphatic heterocycles. The first-order chi connectivity index (χ1) is 16.5. The number of halogens is 1. The number of amides is 1. The zero-order chi connectivity index (χ0) is 23.8. The number of carbonyl (C=O) groups is 1. The van der Waals surface area contributed by atoms with Crippen LogP contribution in [-0.4, -0.2) is 44.6 Å². The van der Waals surface area contributed by atoms with Gasteiger partial charge in [-0.25, -0.2) is 0 Å². The molecule has 2 aromatic carbocycles. The number of nitrogens with zero attached hydrogens (tertiary/aromatic N) is 5. The van der Waals surface area contributed by atoms with Gasteiger partial charge in [0.2, 0.25) is 0 Å². The molecule has 1 aliphatic rings. The Morgan fingerprint density at radius 3 is 2.74 bits per heavy atom. The number of rotatable bonds is 5. The monoisotopic (exact) mass is 477 g/mol. The Balaban J connectivity index is 1.50. The number of likely N-dealkylation sites (tertiary alicyclic amines) is 1. The molecule has 8 nitrogen and oxygen atoms in total. The minimum Gasteiger partial charge on any atom is -0.496 e. The van der Waals surface area contributed by atoms with E-state index >= 15 is 0 Å². The van der Waals surface area contributed by atoms with Gasteiger partial charge >= 0.3 is 0 Å². The highest BCUT2D eigenvalue weighted by atomic mass is 35.5. The summed E-state index contributed by atoms with van der Waals surface area (Å²) < 4.78 is 11.2. The molecule has 4 aromatic rings. The molecule has 1 saturated heterocycles. The van der Waals surface area contributed by atoms with E-state index < -0.39 is 0 Å². The Morgan fingerprint density at radius 1 is 1.18 bits per heavy atom. The Morgan fingerprint density at radius 2 is 1.97 bits per heavy atom. The van der Waals surface area contributed by atoms with Crippen LogP contribution in [0.1, 0.15) is 46.1 Å². The van der Waals surface area contributed by atoms with Crippen molar-refractivity contribution >= 4 is 17.5 Å². The summed E-state index contributed by atoms with van der Waals surface area (Å²) in [4.78, 5) is 17.1. The predicted octanol–water partition coefficient (Wildman–Crippen LogP) is 5.18. The lowest BCUT2D eigenvalue weighted by molar-refractivity contribution is 0.0730. The topological polar surface area (TPSA) is 86.3 Å². The average molecular weight is 478 g/mol. The number of carbonyl (C=O) groups excluding carboxylic acids is 1. The standard InChI is InChI=1S/C25H24ClN5O3/c1-15-12-22(31-27-9-10-28-31)18(13-23(15)33-3)25(32)30-11-5-8-21(30)20-14-24(34-29-20)17-6-4-7-19(26)16(17)2/h4,6-7,9-10,12-14,21H,5,8,11H2,1-3H3/t21-/m0/s1. The van der Waals surface area contributed by atoms with Crippen LogP contribution in [0.15, 0.2) is 53.3 Å². The van der Waals surface area contributed by atoms with Crippen molar-refractivity contribution in [3.8, 4) is 22.8 Å². The van der Waals surface area contributed by atoms with Crippen molar-refractivity contribution in [2.45, 2.75) is 32.7 Å². The Hall–Kier alpha value is -3.65. The minimum absolute atomic E-state index is 0.128. The number of ether oxygens (including phenoxy) is 1.